The van der Waals surface area contributed by atoms with Crippen molar-refractivity contribution in [2.24, 2.45) is 0 Å². The second-order valence-corrected chi connectivity index (χ2v) is 9.39. The number of amides is 1. The zero-order valence-electron chi connectivity index (χ0n) is 16.9. The number of pyridine rings is 1. The van der Waals surface area contributed by atoms with Crippen LogP contribution >= 0.6 is 15.9 Å². The fourth-order valence-electron chi connectivity index (χ4n) is 3.78. The number of rotatable bonds is 2. The highest BCUT2D eigenvalue weighted by atomic mass is 79.9. The molecule has 0 radical (unpaired) electrons. The Bertz CT molecular complexity index is 904. The number of nitrogens with zero attached hydrogens (tertiary/aromatic N) is 2. The van der Waals surface area contributed by atoms with E-state index >= 15 is 0 Å². The summed E-state index contributed by atoms with van der Waals surface area (Å²) >= 11 is 3.53. The highest BCUT2D eigenvalue weighted by Crippen LogP contribution is 2.37. The lowest BCUT2D eigenvalue weighted by Gasteiger charge is -2.35. The van der Waals surface area contributed by atoms with Crippen molar-refractivity contribution >= 4 is 39.0 Å². The molecular formula is C22H26BrN3O3. The Morgan fingerprint density at radius 2 is 2.14 bits per heavy atom. The molecule has 0 spiro atoms. The molecule has 4 rings (SSSR count). The number of carbonyl (C=O) groups is 1. The van der Waals surface area contributed by atoms with Gasteiger partial charge in [-0.2, -0.15) is 0 Å². The van der Waals surface area contributed by atoms with Crippen molar-refractivity contribution in [1.82, 2.24) is 4.98 Å². The van der Waals surface area contributed by atoms with Gasteiger partial charge in [0.25, 0.3) is 5.91 Å². The lowest BCUT2D eigenvalue weighted by Crippen LogP contribution is -2.45. The van der Waals surface area contributed by atoms with Gasteiger partial charge in [-0.3, -0.25) is 4.79 Å². The minimum Gasteiger partial charge on any atom is -0.370 e. The van der Waals surface area contributed by atoms with Crippen molar-refractivity contribution in [3.05, 3.63) is 46.6 Å². The van der Waals surface area contributed by atoms with E-state index in [-0.39, 0.29) is 17.6 Å². The molecule has 0 saturated carbocycles. The fraction of sp³-hybridized carbons (Fsp3) is 0.455. The van der Waals surface area contributed by atoms with Crippen molar-refractivity contribution in [3.8, 4) is 0 Å². The Balaban J connectivity index is 1.57. The van der Waals surface area contributed by atoms with E-state index in [1.165, 1.54) is 0 Å². The molecule has 1 saturated heterocycles. The third kappa shape index (κ3) is 4.63. The van der Waals surface area contributed by atoms with Crippen LogP contribution in [0, 0.1) is 0 Å². The summed E-state index contributed by atoms with van der Waals surface area (Å²) in [4.78, 5) is 19.7. The molecule has 1 aromatic heterocycles. The molecule has 1 amide bonds. The lowest BCUT2D eigenvalue weighted by atomic mass is 10.0. The number of anilines is 3. The summed E-state index contributed by atoms with van der Waals surface area (Å²) in [5, 5.41) is 3.36. The van der Waals surface area contributed by atoms with Crippen LogP contribution in [0.2, 0.25) is 0 Å². The molecule has 0 bridgehead atoms. The summed E-state index contributed by atoms with van der Waals surface area (Å²) in [6.45, 7) is 6.99. The normalized spacial score (nSPS) is 21.6. The lowest BCUT2D eigenvalue weighted by molar-refractivity contribution is -0.152. The van der Waals surface area contributed by atoms with Crippen molar-refractivity contribution in [3.63, 3.8) is 0 Å². The highest BCUT2D eigenvalue weighted by Gasteiger charge is 2.34. The summed E-state index contributed by atoms with van der Waals surface area (Å²) in [6, 6.07) is 9.75. The van der Waals surface area contributed by atoms with Crippen molar-refractivity contribution < 1.29 is 14.3 Å². The molecule has 6 nitrogen and oxygen atoms in total. The molecule has 7 heteroatoms. The minimum absolute atomic E-state index is 0.0243. The minimum atomic E-state index is -0.472. The van der Waals surface area contributed by atoms with E-state index in [1.807, 2.05) is 51.1 Å². The van der Waals surface area contributed by atoms with Crippen LogP contribution in [0.4, 0.5) is 17.2 Å². The summed E-state index contributed by atoms with van der Waals surface area (Å²) in [7, 11) is 0. The number of ether oxygens (including phenoxy) is 2. The van der Waals surface area contributed by atoms with Gasteiger partial charge in [0.2, 0.25) is 0 Å². The molecule has 1 N–H and O–H groups in total. The molecule has 2 unspecified atom stereocenters. The zero-order chi connectivity index (χ0) is 20.6. The largest absolute Gasteiger partial charge is 0.370 e. The van der Waals surface area contributed by atoms with Crippen LogP contribution in [0.3, 0.4) is 0 Å². The second kappa shape index (κ2) is 8.05. The predicted octanol–water partition coefficient (Wildman–Crippen LogP) is 4.80. The molecule has 2 aromatic rings. The van der Waals surface area contributed by atoms with Gasteiger partial charge in [0.05, 0.1) is 36.2 Å². The Morgan fingerprint density at radius 3 is 2.86 bits per heavy atom. The third-order valence-electron chi connectivity index (χ3n) is 5.02. The SMILES string of the molecule is CC(C)(C)OC1CCC(C(=O)N2Cc3cccnc3Nc3ccc(Br)cc32)OC1. The Morgan fingerprint density at radius 1 is 1.31 bits per heavy atom. The molecule has 3 heterocycles. The fourth-order valence-corrected chi connectivity index (χ4v) is 4.13. The van der Waals surface area contributed by atoms with E-state index in [0.29, 0.717) is 19.6 Å². The number of benzene rings is 1. The number of halogens is 1. The van der Waals surface area contributed by atoms with Gasteiger partial charge in [-0.25, -0.2) is 4.98 Å². The Kier molecular flexibility index (Phi) is 5.64. The second-order valence-electron chi connectivity index (χ2n) is 8.47. The average molecular weight is 460 g/mol. The van der Waals surface area contributed by atoms with E-state index in [9.17, 15) is 4.79 Å². The smallest absolute Gasteiger partial charge is 0.256 e. The Labute approximate surface area is 179 Å². The van der Waals surface area contributed by atoms with Crippen LogP contribution in [0.1, 0.15) is 39.2 Å². The molecule has 1 aromatic carbocycles. The Hall–Kier alpha value is -1.96. The molecular weight excluding hydrogens is 434 g/mol. The first-order valence-corrected chi connectivity index (χ1v) is 10.7. The van der Waals surface area contributed by atoms with Gasteiger partial charge in [0, 0.05) is 16.2 Å². The van der Waals surface area contributed by atoms with Crippen molar-refractivity contribution in [2.45, 2.75) is 58.0 Å². The van der Waals surface area contributed by atoms with Crippen LogP contribution in [0.5, 0.6) is 0 Å². The van der Waals surface area contributed by atoms with Crippen LogP contribution in [0.25, 0.3) is 0 Å². The quantitative estimate of drug-likeness (QED) is 0.698. The molecule has 2 aliphatic heterocycles. The van der Waals surface area contributed by atoms with Crippen molar-refractivity contribution in [2.75, 3.05) is 16.8 Å². The van der Waals surface area contributed by atoms with E-state index in [1.54, 1.807) is 11.1 Å². The molecule has 154 valence electrons. The van der Waals surface area contributed by atoms with Crippen LogP contribution in [-0.2, 0) is 20.8 Å². The summed E-state index contributed by atoms with van der Waals surface area (Å²) in [5.74, 6) is 0.742. The maximum atomic E-state index is 13.5. The predicted molar refractivity (Wildman–Crippen MR) is 116 cm³/mol. The third-order valence-corrected chi connectivity index (χ3v) is 5.51. The van der Waals surface area contributed by atoms with Gasteiger partial charge >= 0.3 is 0 Å². The molecule has 2 atom stereocenters. The van der Waals surface area contributed by atoms with Crippen LogP contribution in [-0.4, -0.2) is 35.3 Å². The van der Waals surface area contributed by atoms with Gasteiger partial charge in [-0.1, -0.05) is 22.0 Å². The molecule has 0 aliphatic carbocycles. The maximum Gasteiger partial charge on any atom is 0.256 e. The first kappa shape index (κ1) is 20.3. The number of carbonyl (C=O) groups excluding carboxylic acids is 1. The van der Waals surface area contributed by atoms with Crippen LogP contribution < -0.4 is 10.2 Å². The van der Waals surface area contributed by atoms with Gasteiger partial charge in [0.1, 0.15) is 11.9 Å². The number of fused-ring (bicyclic) bond motifs is 2. The summed E-state index contributed by atoms with van der Waals surface area (Å²) in [6.07, 6.45) is 2.76. The monoisotopic (exact) mass is 459 g/mol. The van der Waals surface area contributed by atoms with Crippen molar-refractivity contribution in [1.29, 1.82) is 0 Å². The average Bonchev–Trinajstić information content (AvgIpc) is 2.83. The van der Waals surface area contributed by atoms with E-state index in [0.717, 1.165) is 33.6 Å². The molecule has 1 fully saturated rings. The standard InChI is InChI=1S/C22H26BrN3O3/c1-22(2,3)29-16-7-9-19(28-13-16)21(27)26-12-14-5-4-10-24-20(14)25-17-8-6-15(23)11-18(17)26/h4-6,8,10-11,16,19H,7,9,12-13H2,1-3H3,(H,24,25). The van der Waals surface area contributed by atoms with E-state index in [4.69, 9.17) is 9.47 Å². The molecule has 29 heavy (non-hydrogen) atoms. The first-order valence-electron chi connectivity index (χ1n) is 9.91. The van der Waals surface area contributed by atoms with Gasteiger partial charge in [0.15, 0.2) is 0 Å². The zero-order valence-corrected chi connectivity index (χ0v) is 18.5. The number of hydrogen-bond acceptors (Lipinski definition) is 5. The maximum absolute atomic E-state index is 13.5. The number of nitrogens with one attached hydrogen (secondary N) is 1. The van der Waals surface area contributed by atoms with Gasteiger partial charge in [-0.05, 0) is 57.9 Å². The number of hydrogen-bond donors (Lipinski definition) is 1. The van der Waals surface area contributed by atoms with E-state index in [2.05, 4.69) is 26.2 Å². The first-order chi connectivity index (χ1) is 13.8. The summed E-state index contributed by atoms with van der Waals surface area (Å²) < 4.78 is 12.9. The van der Waals surface area contributed by atoms with E-state index < -0.39 is 6.10 Å². The van der Waals surface area contributed by atoms with Crippen LogP contribution in [0.15, 0.2) is 41.0 Å². The number of aromatic nitrogens is 1. The summed E-state index contributed by atoms with van der Waals surface area (Å²) in [5.41, 5.74) is 2.42. The van der Waals surface area contributed by atoms with Gasteiger partial charge in [-0.15, -0.1) is 0 Å². The van der Waals surface area contributed by atoms with Gasteiger partial charge < -0.3 is 19.7 Å². The molecule has 2 aliphatic rings. The topological polar surface area (TPSA) is 63.7 Å². The highest BCUT2D eigenvalue weighted by molar-refractivity contribution is 9.10.